The maximum Gasteiger partial charge on any atom is 0.317 e. The van der Waals surface area contributed by atoms with Crippen LogP contribution in [-0.2, 0) is 16.4 Å². The van der Waals surface area contributed by atoms with E-state index in [9.17, 15) is 13.2 Å². The number of hydrogen-bond acceptors (Lipinski definition) is 3. The van der Waals surface area contributed by atoms with Crippen LogP contribution in [0.1, 0.15) is 19.4 Å². The van der Waals surface area contributed by atoms with Crippen LogP contribution in [0.25, 0.3) is 0 Å². The van der Waals surface area contributed by atoms with E-state index >= 15 is 0 Å². The highest BCUT2D eigenvalue weighted by atomic mass is 32.2. The van der Waals surface area contributed by atoms with Gasteiger partial charge in [0.2, 0.25) is 10.0 Å². The molecular formula is C13H21N3O3S. The van der Waals surface area contributed by atoms with E-state index in [1.807, 2.05) is 13.8 Å². The van der Waals surface area contributed by atoms with Crippen molar-refractivity contribution >= 4 is 16.1 Å². The van der Waals surface area contributed by atoms with Crippen LogP contribution in [0.2, 0.25) is 0 Å². The second-order valence-electron chi connectivity index (χ2n) is 4.34. The van der Waals surface area contributed by atoms with E-state index in [1.54, 1.807) is 17.0 Å². The number of carbonyl (C=O) groups is 1. The molecule has 0 saturated heterocycles. The summed E-state index contributed by atoms with van der Waals surface area (Å²) in [5, 5.41) is 7.84. The smallest absolute Gasteiger partial charge is 0.317 e. The molecule has 0 saturated carbocycles. The average molecular weight is 299 g/mol. The molecule has 0 aliphatic rings. The zero-order valence-corrected chi connectivity index (χ0v) is 12.6. The molecule has 0 aliphatic heterocycles. The van der Waals surface area contributed by atoms with Gasteiger partial charge in [0.1, 0.15) is 0 Å². The molecule has 1 aromatic carbocycles. The van der Waals surface area contributed by atoms with Crippen LogP contribution in [0.4, 0.5) is 4.79 Å². The van der Waals surface area contributed by atoms with Gasteiger partial charge in [-0.1, -0.05) is 12.1 Å². The number of nitrogens with zero attached hydrogens (tertiary/aromatic N) is 1. The highest BCUT2D eigenvalue weighted by Gasteiger charge is 2.09. The van der Waals surface area contributed by atoms with E-state index in [1.165, 1.54) is 12.1 Å². The van der Waals surface area contributed by atoms with Gasteiger partial charge in [-0.05, 0) is 38.0 Å². The second-order valence-corrected chi connectivity index (χ2v) is 5.90. The predicted molar refractivity (Wildman–Crippen MR) is 77.8 cm³/mol. The number of sulfonamides is 1. The average Bonchev–Trinajstić information content (AvgIpc) is 2.39. The molecule has 0 aromatic heterocycles. The number of benzene rings is 1. The van der Waals surface area contributed by atoms with Crippen LogP contribution in [0, 0.1) is 0 Å². The molecular weight excluding hydrogens is 278 g/mol. The Balaban J connectivity index is 2.49. The molecule has 0 unspecified atom stereocenters. The van der Waals surface area contributed by atoms with Gasteiger partial charge in [0, 0.05) is 19.6 Å². The molecule has 112 valence electrons. The van der Waals surface area contributed by atoms with Crippen LogP contribution in [0.5, 0.6) is 0 Å². The van der Waals surface area contributed by atoms with Gasteiger partial charge in [0.15, 0.2) is 0 Å². The summed E-state index contributed by atoms with van der Waals surface area (Å²) in [6.07, 6.45) is 0.637. The molecule has 6 nitrogen and oxygen atoms in total. The molecule has 20 heavy (non-hydrogen) atoms. The van der Waals surface area contributed by atoms with Crippen molar-refractivity contribution in [2.24, 2.45) is 5.14 Å². The van der Waals surface area contributed by atoms with Crippen molar-refractivity contribution in [1.82, 2.24) is 10.2 Å². The zero-order chi connectivity index (χ0) is 15.2. The van der Waals surface area contributed by atoms with Gasteiger partial charge in [0.05, 0.1) is 4.90 Å². The fraction of sp³-hybridized carbons (Fsp3) is 0.462. The lowest BCUT2D eigenvalue weighted by atomic mass is 10.1. The van der Waals surface area contributed by atoms with Crippen LogP contribution >= 0.6 is 0 Å². The number of hydrogen-bond donors (Lipinski definition) is 2. The van der Waals surface area contributed by atoms with Crippen molar-refractivity contribution < 1.29 is 13.2 Å². The fourth-order valence-electron chi connectivity index (χ4n) is 1.78. The summed E-state index contributed by atoms with van der Waals surface area (Å²) < 4.78 is 22.2. The van der Waals surface area contributed by atoms with Crippen LogP contribution in [-0.4, -0.2) is 39.0 Å². The Kier molecular flexibility index (Phi) is 5.97. The number of primary sulfonamides is 1. The van der Waals surface area contributed by atoms with Gasteiger partial charge >= 0.3 is 6.03 Å². The van der Waals surface area contributed by atoms with Crippen molar-refractivity contribution in [3.63, 3.8) is 0 Å². The number of amides is 2. The van der Waals surface area contributed by atoms with E-state index in [0.29, 0.717) is 26.1 Å². The Hall–Kier alpha value is -1.60. The SMILES string of the molecule is CCN(CC)C(=O)NCCc1ccc(S(N)(=O)=O)cc1. The molecule has 1 aromatic rings. The highest BCUT2D eigenvalue weighted by molar-refractivity contribution is 7.89. The molecule has 0 bridgehead atoms. The third-order valence-electron chi connectivity index (χ3n) is 2.99. The van der Waals surface area contributed by atoms with Gasteiger partial charge < -0.3 is 10.2 Å². The van der Waals surface area contributed by atoms with Crippen molar-refractivity contribution in [3.8, 4) is 0 Å². The maximum atomic E-state index is 11.7. The van der Waals surface area contributed by atoms with Crippen molar-refractivity contribution in [2.45, 2.75) is 25.2 Å². The van der Waals surface area contributed by atoms with Crippen molar-refractivity contribution in [1.29, 1.82) is 0 Å². The maximum absolute atomic E-state index is 11.7. The molecule has 0 fully saturated rings. The molecule has 2 amide bonds. The first kappa shape index (κ1) is 16.5. The quantitative estimate of drug-likeness (QED) is 0.818. The van der Waals surface area contributed by atoms with Gasteiger partial charge in [-0.3, -0.25) is 0 Å². The number of nitrogens with one attached hydrogen (secondary N) is 1. The summed E-state index contributed by atoms with van der Waals surface area (Å²) in [4.78, 5) is 13.5. The molecule has 0 aliphatic carbocycles. The van der Waals surface area contributed by atoms with E-state index in [0.717, 1.165) is 5.56 Å². The molecule has 0 heterocycles. The molecule has 0 radical (unpaired) electrons. The van der Waals surface area contributed by atoms with E-state index in [4.69, 9.17) is 5.14 Å². The highest BCUT2D eigenvalue weighted by Crippen LogP contribution is 2.08. The Labute approximate surface area is 120 Å². The molecule has 3 N–H and O–H groups in total. The predicted octanol–water partition coefficient (Wildman–Crippen LogP) is 0.928. The summed E-state index contributed by atoms with van der Waals surface area (Å²) in [6, 6.07) is 6.25. The van der Waals surface area contributed by atoms with Gasteiger partial charge in [-0.25, -0.2) is 18.4 Å². The van der Waals surface area contributed by atoms with Gasteiger partial charge in [0.25, 0.3) is 0 Å². The lowest BCUT2D eigenvalue weighted by Crippen LogP contribution is -2.40. The lowest BCUT2D eigenvalue weighted by Gasteiger charge is -2.19. The van der Waals surface area contributed by atoms with Crippen molar-refractivity contribution in [3.05, 3.63) is 29.8 Å². The molecule has 0 atom stereocenters. The molecule has 1 rings (SSSR count). The minimum Gasteiger partial charge on any atom is -0.338 e. The molecule has 0 spiro atoms. The normalized spacial score (nSPS) is 11.2. The lowest BCUT2D eigenvalue weighted by molar-refractivity contribution is 0.203. The summed E-state index contributed by atoms with van der Waals surface area (Å²) >= 11 is 0. The van der Waals surface area contributed by atoms with E-state index in [-0.39, 0.29) is 10.9 Å². The number of nitrogens with two attached hydrogens (primary N) is 1. The monoisotopic (exact) mass is 299 g/mol. The number of carbonyl (C=O) groups excluding carboxylic acids is 1. The van der Waals surface area contributed by atoms with Crippen LogP contribution < -0.4 is 10.5 Å². The standard InChI is InChI=1S/C13H21N3O3S/c1-3-16(4-2)13(17)15-10-9-11-5-7-12(8-6-11)20(14,18)19/h5-8H,3-4,9-10H2,1-2H3,(H,15,17)(H2,14,18,19). The summed E-state index contributed by atoms with van der Waals surface area (Å²) in [6.45, 7) is 5.70. The van der Waals surface area contributed by atoms with Gasteiger partial charge in [-0.15, -0.1) is 0 Å². The summed E-state index contributed by atoms with van der Waals surface area (Å²) in [5.74, 6) is 0. The Morgan fingerprint density at radius 2 is 1.75 bits per heavy atom. The first-order valence-electron chi connectivity index (χ1n) is 6.53. The first-order valence-corrected chi connectivity index (χ1v) is 8.07. The largest absolute Gasteiger partial charge is 0.338 e. The Morgan fingerprint density at radius 3 is 2.20 bits per heavy atom. The molecule has 7 heteroatoms. The Morgan fingerprint density at radius 1 is 1.20 bits per heavy atom. The minimum absolute atomic E-state index is 0.0869. The van der Waals surface area contributed by atoms with Crippen LogP contribution in [0.15, 0.2) is 29.2 Å². The van der Waals surface area contributed by atoms with E-state index in [2.05, 4.69) is 5.32 Å². The topological polar surface area (TPSA) is 92.5 Å². The van der Waals surface area contributed by atoms with E-state index < -0.39 is 10.0 Å². The zero-order valence-electron chi connectivity index (χ0n) is 11.8. The fourth-order valence-corrected chi connectivity index (χ4v) is 2.30. The third-order valence-corrected chi connectivity index (χ3v) is 3.92. The second kappa shape index (κ2) is 7.25. The number of rotatable bonds is 6. The first-order chi connectivity index (χ1) is 9.38. The summed E-state index contributed by atoms with van der Waals surface area (Å²) in [7, 11) is -3.65. The summed E-state index contributed by atoms with van der Waals surface area (Å²) in [5.41, 5.74) is 0.942. The Bertz CT molecular complexity index is 536. The van der Waals surface area contributed by atoms with Gasteiger partial charge in [-0.2, -0.15) is 0 Å². The minimum atomic E-state index is -3.65. The number of urea groups is 1. The third kappa shape index (κ3) is 4.82. The van der Waals surface area contributed by atoms with Crippen molar-refractivity contribution in [2.75, 3.05) is 19.6 Å². The van der Waals surface area contributed by atoms with Crippen LogP contribution in [0.3, 0.4) is 0 Å².